The van der Waals surface area contributed by atoms with Crippen LogP contribution >= 0.6 is 11.6 Å². The van der Waals surface area contributed by atoms with Crippen molar-refractivity contribution in [1.29, 1.82) is 0 Å². The molecule has 0 spiro atoms. The Morgan fingerprint density at radius 3 is 2.20 bits per heavy atom. The number of ether oxygens (including phenoxy) is 3. The van der Waals surface area contributed by atoms with E-state index in [2.05, 4.69) is 0 Å². The maximum Gasteiger partial charge on any atom is 0.338 e. The van der Waals surface area contributed by atoms with Crippen molar-refractivity contribution in [3.63, 3.8) is 0 Å². The van der Waals surface area contributed by atoms with E-state index < -0.39 is 17.9 Å². The Labute approximate surface area is 149 Å². The second-order valence-electron chi connectivity index (χ2n) is 5.02. The van der Waals surface area contributed by atoms with Gasteiger partial charge in [0.2, 0.25) is 0 Å². The number of halogens is 1. The van der Waals surface area contributed by atoms with Gasteiger partial charge in [-0.25, -0.2) is 4.79 Å². The van der Waals surface area contributed by atoms with Gasteiger partial charge in [-0.1, -0.05) is 29.8 Å². The zero-order valence-electron chi connectivity index (χ0n) is 13.6. The fourth-order valence-corrected chi connectivity index (χ4v) is 2.14. The monoisotopic (exact) mass is 362 g/mol. The lowest BCUT2D eigenvalue weighted by Gasteiger charge is -2.11. The minimum atomic E-state index is -0.636. The number of hydrogen-bond acceptors (Lipinski definition) is 6. The summed E-state index contributed by atoms with van der Waals surface area (Å²) in [6.45, 7) is 2.40. The van der Waals surface area contributed by atoms with Crippen LogP contribution in [0.4, 0.5) is 0 Å². The zero-order chi connectivity index (χ0) is 18.4. The van der Waals surface area contributed by atoms with E-state index >= 15 is 0 Å². The summed E-state index contributed by atoms with van der Waals surface area (Å²) in [6.07, 6.45) is 0. The van der Waals surface area contributed by atoms with E-state index in [-0.39, 0.29) is 23.7 Å². The number of carbonyl (C=O) groups excluding carboxylic acids is 3. The van der Waals surface area contributed by atoms with Gasteiger partial charge < -0.3 is 14.2 Å². The van der Waals surface area contributed by atoms with Crippen LogP contribution in [0, 0.1) is 0 Å². The third kappa shape index (κ3) is 5.32. The summed E-state index contributed by atoms with van der Waals surface area (Å²) < 4.78 is 15.1. The molecule has 0 aliphatic carbocycles. The highest BCUT2D eigenvalue weighted by molar-refractivity contribution is 6.31. The first-order valence-electron chi connectivity index (χ1n) is 7.28. The third-order valence-corrected chi connectivity index (χ3v) is 3.37. The summed E-state index contributed by atoms with van der Waals surface area (Å²) in [6, 6.07) is 11.0. The predicted octanol–water partition coefficient (Wildman–Crippen LogP) is 3.55. The maximum atomic E-state index is 12.2. The van der Waals surface area contributed by atoms with Gasteiger partial charge in [0.1, 0.15) is 6.61 Å². The molecule has 0 heterocycles. The normalized spacial score (nSPS) is 10.0. The summed E-state index contributed by atoms with van der Waals surface area (Å²) in [7, 11) is 0. The van der Waals surface area contributed by atoms with Gasteiger partial charge in [-0.3, -0.25) is 9.59 Å². The van der Waals surface area contributed by atoms with Crippen LogP contribution < -0.4 is 9.47 Å². The Kier molecular flexibility index (Phi) is 6.14. The average Bonchev–Trinajstić information content (AvgIpc) is 2.54. The molecule has 2 aromatic rings. The molecule has 6 nitrogen and oxygen atoms in total. The second-order valence-corrected chi connectivity index (χ2v) is 5.42. The van der Waals surface area contributed by atoms with Gasteiger partial charge in [0.05, 0.1) is 5.56 Å². The first-order valence-corrected chi connectivity index (χ1v) is 7.66. The van der Waals surface area contributed by atoms with Gasteiger partial charge in [-0.05, 0) is 24.3 Å². The summed E-state index contributed by atoms with van der Waals surface area (Å²) in [5.74, 6) is -1.85. The molecule has 0 amide bonds. The highest BCUT2D eigenvalue weighted by Gasteiger charge is 2.16. The Bertz CT molecular complexity index is 815. The van der Waals surface area contributed by atoms with Crippen LogP contribution in [-0.4, -0.2) is 17.9 Å². The van der Waals surface area contributed by atoms with Gasteiger partial charge in [0.15, 0.2) is 11.5 Å². The van der Waals surface area contributed by atoms with Crippen molar-refractivity contribution in [3.8, 4) is 11.5 Å². The number of carbonyl (C=O) groups is 3. The van der Waals surface area contributed by atoms with Crippen molar-refractivity contribution >= 4 is 29.5 Å². The van der Waals surface area contributed by atoms with Gasteiger partial charge >= 0.3 is 17.9 Å². The van der Waals surface area contributed by atoms with Gasteiger partial charge in [-0.2, -0.15) is 0 Å². The molecule has 0 bridgehead atoms. The summed E-state index contributed by atoms with van der Waals surface area (Å²) in [5.41, 5.74) is 0.800. The number of esters is 3. The van der Waals surface area contributed by atoms with E-state index in [9.17, 15) is 14.4 Å². The van der Waals surface area contributed by atoms with E-state index in [1.807, 2.05) is 0 Å². The molecule has 25 heavy (non-hydrogen) atoms. The predicted molar refractivity (Wildman–Crippen MR) is 89.6 cm³/mol. The average molecular weight is 363 g/mol. The van der Waals surface area contributed by atoms with Crippen molar-refractivity contribution in [2.75, 3.05) is 0 Å². The molecule has 7 heteroatoms. The molecule has 2 aromatic carbocycles. The van der Waals surface area contributed by atoms with Crippen molar-refractivity contribution in [2.24, 2.45) is 0 Å². The summed E-state index contributed by atoms with van der Waals surface area (Å²) in [4.78, 5) is 34.5. The lowest BCUT2D eigenvalue weighted by Crippen LogP contribution is -2.10. The molecular weight excluding hydrogens is 348 g/mol. The lowest BCUT2D eigenvalue weighted by atomic mass is 10.2. The Hall–Kier alpha value is -2.86. The van der Waals surface area contributed by atoms with E-state index in [1.165, 1.54) is 32.0 Å². The molecule has 0 aliphatic heterocycles. The number of rotatable bonds is 5. The third-order valence-electron chi connectivity index (χ3n) is 3.00. The minimum absolute atomic E-state index is 0.00684. The molecule has 0 saturated carbocycles. The molecular formula is C18H15ClO6. The van der Waals surface area contributed by atoms with Crippen LogP contribution in [0.2, 0.25) is 5.02 Å². The molecule has 130 valence electrons. The number of hydrogen-bond donors (Lipinski definition) is 0. The Morgan fingerprint density at radius 2 is 1.56 bits per heavy atom. The molecule has 0 N–H and O–H groups in total. The molecule has 0 radical (unpaired) electrons. The van der Waals surface area contributed by atoms with E-state index in [4.69, 9.17) is 25.8 Å². The highest BCUT2D eigenvalue weighted by atomic mass is 35.5. The van der Waals surface area contributed by atoms with E-state index in [1.54, 1.807) is 24.3 Å². The SMILES string of the molecule is CC(=O)Oc1ccc(C(=O)OCc2ccccc2Cl)cc1OC(C)=O. The fourth-order valence-electron chi connectivity index (χ4n) is 1.95. The van der Waals surface area contributed by atoms with E-state index in [0.29, 0.717) is 10.6 Å². The fraction of sp³-hybridized carbons (Fsp3) is 0.167. The standard InChI is InChI=1S/C18H15ClO6/c1-11(20)24-16-8-7-13(9-17(16)25-12(2)21)18(22)23-10-14-5-3-4-6-15(14)19/h3-9H,10H2,1-2H3. The smallest absolute Gasteiger partial charge is 0.338 e. The molecule has 0 fully saturated rings. The highest BCUT2D eigenvalue weighted by Crippen LogP contribution is 2.29. The Balaban J connectivity index is 2.17. The summed E-state index contributed by atoms with van der Waals surface area (Å²) in [5, 5.41) is 0.487. The topological polar surface area (TPSA) is 78.9 Å². The molecule has 0 atom stereocenters. The first-order chi connectivity index (χ1) is 11.9. The van der Waals surface area contributed by atoms with Crippen molar-refractivity contribution < 1.29 is 28.6 Å². The van der Waals surface area contributed by atoms with Crippen molar-refractivity contribution in [2.45, 2.75) is 20.5 Å². The van der Waals surface area contributed by atoms with Crippen LogP contribution in [-0.2, 0) is 20.9 Å². The summed E-state index contributed by atoms with van der Waals surface area (Å²) >= 11 is 6.01. The maximum absolute atomic E-state index is 12.2. The van der Waals surface area contributed by atoms with Crippen LogP contribution in [0.5, 0.6) is 11.5 Å². The van der Waals surface area contributed by atoms with Gasteiger partial charge in [0.25, 0.3) is 0 Å². The molecule has 2 rings (SSSR count). The van der Waals surface area contributed by atoms with Crippen LogP contribution in [0.25, 0.3) is 0 Å². The zero-order valence-corrected chi connectivity index (χ0v) is 14.3. The second kappa shape index (κ2) is 8.30. The molecule has 0 unspecified atom stereocenters. The largest absolute Gasteiger partial charge is 0.457 e. The van der Waals surface area contributed by atoms with Crippen LogP contribution in [0.15, 0.2) is 42.5 Å². The lowest BCUT2D eigenvalue weighted by molar-refractivity contribution is -0.134. The van der Waals surface area contributed by atoms with Gasteiger partial charge in [-0.15, -0.1) is 0 Å². The van der Waals surface area contributed by atoms with Crippen LogP contribution in [0.3, 0.4) is 0 Å². The molecule has 0 saturated heterocycles. The van der Waals surface area contributed by atoms with E-state index in [0.717, 1.165) is 0 Å². The van der Waals surface area contributed by atoms with Crippen molar-refractivity contribution in [1.82, 2.24) is 0 Å². The Morgan fingerprint density at radius 1 is 0.920 bits per heavy atom. The molecule has 0 aromatic heterocycles. The quantitative estimate of drug-likeness (QED) is 0.598. The van der Waals surface area contributed by atoms with Crippen LogP contribution in [0.1, 0.15) is 29.8 Å². The van der Waals surface area contributed by atoms with Crippen molar-refractivity contribution in [3.05, 3.63) is 58.6 Å². The van der Waals surface area contributed by atoms with Gasteiger partial charge in [0, 0.05) is 24.4 Å². The minimum Gasteiger partial charge on any atom is -0.457 e. The first kappa shape index (κ1) is 18.5. The molecule has 0 aliphatic rings. The number of benzene rings is 2.